The molecule has 5 nitrogen and oxygen atoms in total. The van der Waals surface area contributed by atoms with Crippen molar-refractivity contribution in [1.82, 2.24) is 4.90 Å². The lowest BCUT2D eigenvalue weighted by atomic mass is 10.2. The summed E-state index contributed by atoms with van der Waals surface area (Å²) in [7, 11) is 3.35. The van der Waals surface area contributed by atoms with Crippen molar-refractivity contribution in [2.45, 2.75) is 6.61 Å². The molecule has 5 heteroatoms. The van der Waals surface area contributed by atoms with Crippen molar-refractivity contribution in [2.24, 2.45) is 0 Å². The Kier molecular flexibility index (Phi) is 5.14. The van der Waals surface area contributed by atoms with E-state index < -0.39 is 6.09 Å². The maximum absolute atomic E-state index is 11.9. The van der Waals surface area contributed by atoms with Gasteiger partial charge in [-0.2, -0.15) is 0 Å². The van der Waals surface area contributed by atoms with E-state index in [-0.39, 0.29) is 12.5 Å². The normalized spacial score (nSPS) is 9.91. The molecule has 0 radical (unpaired) electrons. The van der Waals surface area contributed by atoms with E-state index in [0.717, 1.165) is 5.56 Å². The SMILES string of the molecule is CN(C)C(=O)c1cccc(NC(=O)OCc2ccccc2)c1. The number of benzene rings is 2. The van der Waals surface area contributed by atoms with Gasteiger partial charge in [0.05, 0.1) is 0 Å². The number of carbonyl (C=O) groups is 2. The van der Waals surface area contributed by atoms with Crippen molar-refractivity contribution in [1.29, 1.82) is 0 Å². The van der Waals surface area contributed by atoms with Gasteiger partial charge in [-0.25, -0.2) is 4.79 Å². The van der Waals surface area contributed by atoms with Gasteiger partial charge in [0.25, 0.3) is 5.91 Å². The first-order valence-electron chi connectivity index (χ1n) is 6.85. The first-order chi connectivity index (χ1) is 10.6. The Bertz CT molecular complexity index is 654. The van der Waals surface area contributed by atoms with E-state index in [1.165, 1.54) is 4.90 Å². The van der Waals surface area contributed by atoms with E-state index in [0.29, 0.717) is 11.3 Å². The average Bonchev–Trinajstić information content (AvgIpc) is 2.53. The number of hydrogen-bond donors (Lipinski definition) is 1. The Morgan fingerprint density at radius 3 is 2.45 bits per heavy atom. The standard InChI is InChI=1S/C17H18N2O3/c1-19(2)16(20)14-9-6-10-15(11-14)18-17(21)22-12-13-7-4-3-5-8-13/h3-11H,12H2,1-2H3,(H,18,21). The van der Waals surface area contributed by atoms with Crippen LogP contribution < -0.4 is 5.32 Å². The predicted octanol–water partition coefficient (Wildman–Crippen LogP) is 3.14. The largest absolute Gasteiger partial charge is 0.444 e. The number of ether oxygens (including phenoxy) is 1. The van der Waals surface area contributed by atoms with E-state index in [1.54, 1.807) is 38.4 Å². The van der Waals surface area contributed by atoms with Crippen LogP contribution in [0.3, 0.4) is 0 Å². The number of nitrogens with one attached hydrogen (secondary N) is 1. The summed E-state index contributed by atoms with van der Waals surface area (Å²) in [5.74, 6) is -0.124. The van der Waals surface area contributed by atoms with Gasteiger partial charge in [-0.05, 0) is 23.8 Å². The zero-order chi connectivity index (χ0) is 15.9. The third-order valence-corrected chi connectivity index (χ3v) is 2.97. The molecule has 2 amide bonds. The van der Waals surface area contributed by atoms with Gasteiger partial charge in [-0.1, -0.05) is 36.4 Å². The Labute approximate surface area is 129 Å². The molecule has 0 bridgehead atoms. The van der Waals surface area contributed by atoms with E-state index in [9.17, 15) is 9.59 Å². The lowest BCUT2D eigenvalue weighted by Gasteiger charge is -2.12. The molecule has 0 fully saturated rings. The van der Waals surface area contributed by atoms with Crippen molar-refractivity contribution in [2.75, 3.05) is 19.4 Å². The van der Waals surface area contributed by atoms with Gasteiger partial charge in [0.1, 0.15) is 6.61 Å². The van der Waals surface area contributed by atoms with Crippen LogP contribution in [0, 0.1) is 0 Å². The number of nitrogens with zero attached hydrogens (tertiary/aromatic N) is 1. The lowest BCUT2D eigenvalue weighted by molar-refractivity contribution is 0.0827. The Hall–Kier alpha value is -2.82. The highest BCUT2D eigenvalue weighted by atomic mass is 16.5. The number of rotatable bonds is 4. The molecule has 1 N–H and O–H groups in total. The molecule has 0 saturated heterocycles. The zero-order valence-electron chi connectivity index (χ0n) is 12.6. The molecular weight excluding hydrogens is 280 g/mol. The van der Waals surface area contributed by atoms with Crippen molar-refractivity contribution >= 4 is 17.7 Å². The minimum atomic E-state index is -0.557. The van der Waals surface area contributed by atoms with Crippen LogP contribution in [-0.4, -0.2) is 31.0 Å². The third-order valence-electron chi connectivity index (χ3n) is 2.97. The molecule has 2 aromatic carbocycles. The molecule has 0 aliphatic carbocycles. The van der Waals surface area contributed by atoms with Gasteiger partial charge in [0.15, 0.2) is 0 Å². The highest BCUT2D eigenvalue weighted by Crippen LogP contribution is 2.12. The first kappa shape index (κ1) is 15.6. The number of hydrogen-bond acceptors (Lipinski definition) is 3. The van der Waals surface area contributed by atoms with Gasteiger partial charge in [-0.3, -0.25) is 10.1 Å². The summed E-state index contributed by atoms with van der Waals surface area (Å²) >= 11 is 0. The summed E-state index contributed by atoms with van der Waals surface area (Å²) in [4.78, 5) is 25.1. The molecule has 22 heavy (non-hydrogen) atoms. The lowest BCUT2D eigenvalue weighted by Crippen LogP contribution is -2.22. The maximum Gasteiger partial charge on any atom is 0.411 e. The minimum Gasteiger partial charge on any atom is -0.444 e. The van der Waals surface area contributed by atoms with E-state index in [2.05, 4.69) is 5.32 Å². The van der Waals surface area contributed by atoms with Crippen LogP contribution in [0.5, 0.6) is 0 Å². The predicted molar refractivity (Wildman–Crippen MR) is 84.7 cm³/mol. The van der Waals surface area contributed by atoms with Crippen LogP contribution >= 0.6 is 0 Å². The molecule has 0 saturated carbocycles. The number of carbonyl (C=O) groups excluding carboxylic acids is 2. The highest BCUT2D eigenvalue weighted by Gasteiger charge is 2.10. The van der Waals surface area contributed by atoms with Crippen molar-refractivity contribution in [3.8, 4) is 0 Å². The van der Waals surface area contributed by atoms with Gasteiger partial charge >= 0.3 is 6.09 Å². The minimum absolute atomic E-state index is 0.124. The molecule has 0 unspecified atom stereocenters. The summed E-state index contributed by atoms with van der Waals surface area (Å²) in [6, 6.07) is 16.2. The van der Waals surface area contributed by atoms with Crippen molar-refractivity contribution in [3.63, 3.8) is 0 Å². The monoisotopic (exact) mass is 298 g/mol. The summed E-state index contributed by atoms with van der Waals surface area (Å²) in [6.45, 7) is 0.197. The summed E-state index contributed by atoms with van der Waals surface area (Å²) in [6.07, 6.45) is -0.557. The second-order valence-corrected chi connectivity index (χ2v) is 4.97. The smallest absolute Gasteiger partial charge is 0.411 e. The molecule has 0 aliphatic heterocycles. The molecule has 0 spiro atoms. The molecule has 0 heterocycles. The maximum atomic E-state index is 11.9. The van der Waals surface area contributed by atoms with Crippen molar-refractivity contribution < 1.29 is 14.3 Å². The van der Waals surface area contributed by atoms with E-state index in [1.807, 2.05) is 30.3 Å². The quantitative estimate of drug-likeness (QED) is 0.943. The second kappa shape index (κ2) is 7.26. The average molecular weight is 298 g/mol. The zero-order valence-corrected chi connectivity index (χ0v) is 12.6. The van der Waals surface area contributed by atoms with Gasteiger partial charge in [0.2, 0.25) is 0 Å². The molecule has 0 aliphatic rings. The van der Waals surface area contributed by atoms with Gasteiger partial charge in [-0.15, -0.1) is 0 Å². The van der Waals surface area contributed by atoms with Crippen LogP contribution in [0.4, 0.5) is 10.5 Å². The van der Waals surface area contributed by atoms with Crippen LogP contribution in [0.15, 0.2) is 54.6 Å². The number of amides is 2. The molecule has 2 rings (SSSR count). The van der Waals surface area contributed by atoms with E-state index >= 15 is 0 Å². The molecule has 0 aromatic heterocycles. The summed E-state index contributed by atoms with van der Waals surface area (Å²) in [5, 5.41) is 2.61. The molecular formula is C17H18N2O3. The Morgan fingerprint density at radius 1 is 1.05 bits per heavy atom. The van der Waals surface area contributed by atoms with Crippen LogP contribution in [0.1, 0.15) is 15.9 Å². The molecule has 2 aromatic rings. The molecule has 0 atom stereocenters. The van der Waals surface area contributed by atoms with Gasteiger partial charge < -0.3 is 9.64 Å². The number of anilines is 1. The van der Waals surface area contributed by atoms with Gasteiger partial charge in [0, 0.05) is 25.3 Å². The summed E-state index contributed by atoms with van der Waals surface area (Å²) < 4.78 is 5.13. The highest BCUT2D eigenvalue weighted by molar-refractivity contribution is 5.96. The fourth-order valence-corrected chi connectivity index (χ4v) is 1.87. The van der Waals surface area contributed by atoms with Crippen molar-refractivity contribution in [3.05, 3.63) is 65.7 Å². The topological polar surface area (TPSA) is 58.6 Å². The first-order valence-corrected chi connectivity index (χ1v) is 6.85. The Balaban J connectivity index is 1.94. The third kappa shape index (κ3) is 4.34. The fraction of sp³-hybridized carbons (Fsp3) is 0.176. The Morgan fingerprint density at radius 2 is 1.77 bits per heavy atom. The fourth-order valence-electron chi connectivity index (χ4n) is 1.87. The van der Waals surface area contributed by atoms with Crippen LogP contribution in [0.25, 0.3) is 0 Å². The van der Waals surface area contributed by atoms with E-state index in [4.69, 9.17) is 4.74 Å². The summed E-state index contributed by atoms with van der Waals surface area (Å²) in [5.41, 5.74) is 1.94. The van der Waals surface area contributed by atoms with Crippen LogP contribution in [0.2, 0.25) is 0 Å². The molecule has 114 valence electrons. The van der Waals surface area contributed by atoms with Crippen LogP contribution in [-0.2, 0) is 11.3 Å². The second-order valence-electron chi connectivity index (χ2n) is 4.97.